The number of carbonyl (C=O) groups excluding carboxylic acids is 2. The second kappa shape index (κ2) is 8.25. The second-order valence-corrected chi connectivity index (χ2v) is 9.97. The third-order valence-electron chi connectivity index (χ3n) is 6.49. The monoisotopic (exact) mass is 512 g/mol. The number of aliphatic hydroxyl groups excluding tert-OH is 1. The van der Waals surface area contributed by atoms with Crippen LogP contribution in [0.15, 0.2) is 30.3 Å². The molecule has 11 heteroatoms. The molecule has 2 atom stereocenters. The molecule has 0 spiro atoms. The Hall–Kier alpha value is -2.62. The predicted octanol–water partition coefficient (Wildman–Crippen LogP) is 3.44. The molecule has 0 radical (unpaired) electrons. The molecule has 4 aliphatic rings. The van der Waals surface area contributed by atoms with Crippen molar-refractivity contribution in [2.75, 3.05) is 6.61 Å². The van der Waals surface area contributed by atoms with Crippen molar-refractivity contribution in [3.8, 4) is 11.5 Å². The highest BCUT2D eigenvalue weighted by atomic mass is 35.5. The van der Waals surface area contributed by atoms with Crippen LogP contribution in [0.4, 0.5) is 8.78 Å². The summed E-state index contributed by atoms with van der Waals surface area (Å²) in [7, 11) is 0. The van der Waals surface area contributed by atoms with E-state index in [1.54, 1.807) is 0 Å². The highest BCUT2D eigenvalue weighted by Crippen LogP contribution is 2.60. The predicted molar refractivity (Wildman–Crippen MR) is 118 cm³/mol. The van der Waals surface area contributed by atoms with Crippen LogP contribution in [-0.4, -0.2) is 40.7 Å². The molecule has 180 valence electrons. The van der Waals surface area contributed by atoms with Crippen molar-refractivity contribution >= 4 is 35.0 Å². The summed E-state index contributed by atoms with van der Waals surface area (Å²) in [4.78, 5) is 25.0. The number of hydrogen-bond donors (Lipinski definition) is 3. The first-order valence-electron chi connectivity index (χ1n) is 10.6. The summed E-state index contributed by atoms with van der Waals surface area (Å²) < 4.78 is 38.1. The molecule has 2 aromatic carbocycles. The van der Waals surface area contributed by atoms with Crippen molar-refractivity contribution in [2.45, 2.75) is 49.0 Å². The van der Waals surface area contributed by atoms with Gasteiger partial charge in [0.15, 0.2) is 12.7 Å². The van der Waals surface area contributed by atoms with Crippen molar-refractivity contribution in [3.05, 3.63) is 57.6 Å². The van der Waals surface area contributed by atoms with E-state index in [9.17, 15) is 23.5 Å². The minimum Gasteiger partial charge on any atom is -0.484 e. The molecule has 2 amide bonds. The average Bonchev–Trinajstić information content (AvgIpc) is 2.73. The highest BCUT2D eigenvalue weighted by Gasteiger charge is 2.69. The molecule has 3 N–H and O–H groups in total. The van der Waals surface area contributed by atoms with E-state index in [0.717, 1.165) is 12.1 Å². The fourth-order valence-corrected chi connectivity index (χ4v) is 5.31. The lowest BCUT2D eigenvalue weighted by Gasteiger charge is -2.70. The van der Waals surface area contributed by atoms with Crippen LogP contribution in [-0.2, 0) is 9.59 Å². The average molecular weight is 513 g/mol. The van der Waals surface area contributed by atoms with E-state index in [4.69, 9.17) is 32.7 Å². The van der Waals surface area contributed by atoms with Crippen molar-refractivity contribution in [1.29, 1.82) is 0 Å². The molecule has 3 saturated carbocycles. The van der Waals surface area contributed by atoms with E-state index in [1.165, 1.54) is 18.2 Å². The molecule has 3 aliphatic carbocycles. The lowest BCUT2D eigenvalue weighted by molar-refractivity contribution is -0.155. The van der Waals surface area contributed by atoms with Crippen LogP contribution in [0.2, 0.25) is 10.0 Å². The topological polar surface area (TPSA) is 96.9 Å². The molecule has 3 fully saturated rings. The summed E-state index contributed by atoms with van der Waals surface area (Å²) in [5, 5.41) is 16.0. The van der Waals surface area contributed by atoms with E-state index in [0.29, 0.717) is 19.3 Å². The van der Waals surface area contributed by atoms with Crippen molar-refractivity contribution in [2.24, 2.45) is 0 Å². The number of fused-ring (bicyclic) bond motifs is 1. The maximum absolute atomic E-state index is 13.7. The van der Waals surface area contributed by atoms with Crippen LogP contribution in [0.5, 0.6) is 11.5 Å². The fraction of sp³-hybridized carbons (Fsp3) is 0.391. The Morgan fingerprint density at radius 2 is 1.74 bits per heavy atom. The molecule has 0 saturated heterocycles. The number of nitrogens with one attached hydrogen (secondary N) is 2. The lowest BCUT2D eigenvalue weighted by atomic mass is 9.44. The summed E-state index contributed by atoms with van der Waals surface area (Å²) >= 11 is 11.4. The van der Waals surface area contributed by atoms with Crippen LogP contribution in [0.3, 0.4) is 0 Å². The number of rotatable bonds is 6. The van der Waals surface area contributed by atoms with Crippen LogP contribution in [0.1, 0.15) is 37.4 Å². The standard InChI is InChI=1S/C23H20Cl2F2N2O5/c24-13-2-1-11(3-15(13)26)33-7-20(31)28-22-8-23(9-22,10-22)29-21(32)19-6-17(30)12-4-16(27)14(25)5-18(12)34-19/h1-5,17,19,30H,6-10H2,(H,28,31)(H,29,32)/t17-,19-,22?,23?/m0/s1. The summed E-state index contributed by atoms with van der Waals surface area (Å²) in [5.74, 6) is -1.68. The van der Waals surface area contributed by atoms with E-state index in [2.05, 4.69) is 10.6 Å². The first-order valence-corrected chi connectivity index (χ1v) is 11.4. The molecule has 6 rings (SSSR count). The Labute approximate surface area is 203 Å². The zero-order valence-corrected chi connectivity index (χ0v) is 19.2. The van der Waals surface area contributed by atoms with Crippen molar-refractivity contribution in [1.82, 2.24) is 10.6 Å². The van der Waals surface area contributed by atoms with Crippen LogP contribution >= 0.6 is 23.2 Å². The molecule has 2 bridgehead atoms. The number of aliphatic hydroxyl groups is 1. The number of carbonyl (C=O) groups is 2. The van der Waals surface area contributed by atoms with Gasteiger partial charge in [-0.3, -0.25) is 9.59 Å². The van der Waals surface area contributed by atoms with Gasteiger partial charge in [-0.25, -0.2) is 8.78 Å². The second-order valence-electron chi connectivity index (χ2n) is 9.16. The number of hydrogen-bond acceptors (Lipinski definition) is 5. The van der Waals surface area contributed by atoms with E-state index in [-0.39, 0.29) is 46.0 Å². The summed E-state index contributed by atoms with van der Waals surface area (Å²) in [6, 6.07) is 6.28. The van der Waals surface area contributed by atoms with Gasteiger partial charge >= 0.3 is 0 Å². The SMILES string of the molecule is O=C(COc1ccc(Cl)c(F)c1)NC12CC(NC(=O)[C@@H]3C[C@H](O)c4cc(F)c(Cl)cc4O3)(C1)C2. The maximum atomic E-state index is 13.7. The van der Waals surface area contributed by atoms with Crippen LogP contribution < -0.4 is 20.1 Å². The van der Waals surface area contributed by atoms with E-state index < -0.39 is 40.8 Å². The van der Waals surface area contributed by atoms with Crippen LogP contribution in [0, 0.1) is 11.6 Å². The number of halogens is 4. The van der Waals surface area contributed by atoms with Gasteiger partial charge < -0.3 is 25.2 Å². The molecule has 1 aliphatic heterocycles. The van der Waals surface area contributed by atoms with Gasteiger partial charge in [-0.1, -0.05) is 23.2 Å². The van der Waals surface area contributed by atoms with Gasteiger partial charge in [-0.2, -0.15) is 0 Å². The fourth-order valence-electron chi connectivity index (χ4n) is 5.04. The zero-order chi connectivity index (χ0) is 24.3. The van der Waals surface area contributed by atoms with Gasteiger partial charge in [0.05, 0.1) is 16.1 Å². The Kier molecular flexibility index (Phi) is 5.61. The van der Waals surface area contributed by atoms with Gasteiger partial charge in [-0.15, -0.1) is 0 Å². The van der Waals surface area contributed by atoms with Gasteiger partial charge in [-0.05, 0) is 37.5 Å². The van der Waals surface area contributed by atoms with E-state index >= 15 is 0 Å². The Morgan fingerprint density at radius 1 is 1.06 bits per heavy atom. The van der Waals surface area contributed by atoms with E-state index in [1.807, 2.05) is 0 Å². The molecule has 34 heavy (non-hydrogen) atoms. The first kappa shape index (κ1) is 23.1. The molecule has 2 aromatic rings. The molecular weight excluding hydrogens is 493 g/mol. The first-order chi connectivity index (χ1) is 16.1. The Balaban J connectivity index is 1.11. The summed E-state index contributed by atoms with van der Waals surface area (Å²) in [5.41, 5.74) is -0.606. The quantitative estimate of drug-likeness (QED) is 0.550. The smallest absolute Gasteiger partial charge is 0.261 e. The maximum Gasteiger partial charge on any atom is 0.261 e. The van der Waals surface area contributed by atoms with Gasteiger partial charge in [0.1, 0.15) is 23.1 Å². The van der Waals surface area contributed by atoms with Crippen molar-refractivity contribution < 1.29 is 33.0 Å². The number of amides is 2. The minimum atomic E-state index is -1.06. The molecule has 0 unspecified atom stereocenters. The van der Waals surface area contributed by atoms with Gasteiger partial charge in [0.2, 0.25) is 0 Å². The number of benzene rings is 2. The minimum absolute atomic E-state index is 0.0134. The van der Waals surface area contributed by atoms with Gasteiger partial charge in [0, 0.05) is 35.2 Å². The lowest BCUT2D eigenvalue weighted by Crippen LogP contribution is -2.84. The highest BCUT2D eigenvalue weighted by molar-refractivity contribution is 6.31. The molecular formula is C23H20Cl2F2N2O5. The Bertz CT molecular complexity index is 1170. The normalized spacial score (nSPS) is 28.5. The molecule has 7 nitrogen and oxygen atoms in total. The Morgan fingerprint density at radius 3 is 2.44 bits per heavy atom. The molecule has 0 aromatic heterocycles. The largest absolute Gasteiger partial charge is 0.484 e. The van der Waals surface area contributed by atoms with Crippen molar-refractivity contribution in [3.63, 3.8) is 0 Å². The van der Waals surface area contributed by atoms with Crippen LogP contribution in [0.25, 0.3) is 0 Å². The third-order valence-corrected chi connectivity index (χ3v) is 7.09. The zero-order valence-electron chi connectivity index (χ0n) is 17.7. The third kappa shape index (κ3) is 4.16. The number of ether oxygens (including phenoxy) is 2. The van der Waals surface area contributed by atoms with Gasteiger partial charge in [0.25, 0.3) is 11.8 Å². The summed E-state index contributed by atoms with van der Waals surface area (Å²) in [6.45, 7) is -0.279. The summed E-state index contributed by atoms with van der Waals surface area (Å²) in [6.07, 6.45) is -0.363. The molecule has 1 heterocycles.